The Balaban J connectivity index is 1.53. The first-order valence-corrected chi connectivity index (χ1v) is 12.1. The molecule has 1 atom stereocenters. The summed E-state index contributed by atoms with van der Waals surface area (Å²) in [6.45, 7) is 5.79. The Morgan fingerprint density at radius 1 is 0.941 bits per heavy atom. The minimum Gasteiger partial charge on any atom is -0.324 e. The number of anilines is 3. The van der Waals surface area contributed by atoms with Gasteiger partial charge in [-0.15, -0.1) is 11.8 Å². The summed E-state index contributed by atoms with van der Waals surface area (Å²) in [5.74, 6) is -0.497. The zero-order valence-corrected chi connectivity index (χ0v) is 20.1. The number of benzene rings is 3. The van der Waals surface area contributed by atoms with Crippen molar-refractivity contribution in [3.63, 3.8) is 0 Å². The SMILES string of the molecule is Cc1ccc(N2C(=O)CS[C@@]23C(=O)N(CC(=O)Nc2ccccc2C)c2ccccc23)cc1C. The Morgan fingerprint density at radius 3 is 2.44 bits per heavy atom. The predicted octanol–water partition coefficient (Wildman–Crippen LogP) is 4.53. The minimum absolute atomic E-state index is 0.123. The van der Waals surface area contributed by atoms with Gasteiger partial charge in [0.2, 0.25) is 16.7 Å². The molecule has 0 radical (unpaired) electrons. The van der Waals surface area contributed by atoms with Gasteiger partial charge in [0.1, 0.15) is 6.54 Å². The van der Waals surface area contributed by atoms with Crippen LogP contribution in [0.2, 0.25) is 0 Å². The van der Waals surface area contributed by atoms with Crippen molar-refractivity contribution in [3.05, 3.63) is 89.0 Å². The number of amides is 3. The van der Waals surface area contributed by atoms with Gasteiger partial charge >= 0.3 is 0 Å². The van der Waals surface area contributed by atoms with E-state index in [9.17, 15) is 14.4 Å². The lowest BCUT2D eigenvalue weighted by Crippen LogP contribution is -2.50. The van der Waals surface area contributed by atoms with Crippen LogP contribution in [0.5, 0.6) is 0 Å². The van der Waals surface area contributed by atoms with Crippen LogP contribution in [0.4, 0.5) is 17.1 Å². The normalized spacial score (nSPS) is 19.1. The quantitative estimate of drug-likeness (QED) is 0.607. The number of thioether (sulfide) groups is 1. The standard InChI is InChI=1S/C27H25N3O3S/c1-17-12-13-20(14-19(17)3)30-25(32)16-34-27(30)21-9-5-7-11-23(21)29(26(27)33)15-24(31)28-22-10-6-4-8-18(22)2/h4-14H,15-16H2,1-3H3,(H,28,31)/t27-/m0/s1. The van der Waals surface area contributed by atoms with Gasteiger partial charge in [0.25, 0.3) is 5.91 Å². The first-order valence-electron chi connectivity index (χ1n) is 11.1. The van der Waals surface area contributed by atoms with E-state index in [-0.39, 0.29) is 30.0 Å². The van der Waals surface area contributed by atoms with E-state index in [2.05, 4.69) is 5.32 Å². The van der Waals surface area contributed by atoms with Crippen molar-refractivity contribution in [3.8, 4) is 0 Å². The summed E-state index contributed by atoms with van der Waals surface area (Å²) in [6, 6.07) is 20.8. The number of nitrogens with one attached hydrogen (secondary N) is 1. The molecule has 0 saturated carbocycles. The molecule has 3 amide bonds. The summed E-state index contributed by atoms with van der Waals surface area (Å²) >= 11 is 1.31. The first kappa shape index (κ1) is 22.2. The fourth-order valence-electron chi connectivity index (χ4n) is 4.62. The van der Waals surface area contributed by atoms with E-state index in [0.717, 1.165) is 22.3 Å². The molecule has 1 spiro atoms. The lowest BCUT2D eigenvalue weighted by atomic mass is 10.0. The van der Waals surface area contributed by atoms with Crippen molar-refractivity contribution in [2.45, 2.75) is 25.6 Å². The predicted molar refractivity (Wildman–Crippen MR) is 136 cm³/mol. The van der Waals surface area contributed by atoms with Crippen LogP contribution in [0.15, 0.2) is 66.7 Å². The Hall–Kier alpha value is -3.58. The lowest BCUT2D eigenvalue weighted by Gasteiger charge is -2.33. The molecule has 2 heterocycles. The third-order valence-corrected chi connectivity index (χ3v) is 7.92. The first-order chi connectivity index (χ1) is 16.3. The molecule has 3 aromatic carbocycles. The molecular formula is C27H25N3O3S. The number of hydrogen-bond acceptors (Lipinski definition) is 4. The van der Waals surface area contributed by atoms with Gasteiger partial charge in [0.05, 0.1) is 11.4 Å². The van der Waals surface area contributed by atoms with E-state index in [1.807, 2.05) is 87.5 Å². The molecule has 7 heteroatoms. The van der Waals surface area contributed by atoms with Gasteiger partial charge in [-0.3, -0.25) is 24.2 Å². The molecule has 1 saturated heterocycles. The average molecular weight is 472 g/mol. The highest BCUT2D eigenvalue weighted by molar-refractivity contribution is 8.02. The number of fused-ring (bicyclic) bond motifs is 2. The van der Waals surface area contributed by atoms with Gasteiger partial charge in [0, 0.05) is 16.9 Å². The summed E-state index contributed by atoms with van der Waals surface area (Å²) in [6.07, 6.45) is 0. The van der Waals surface area contributed by atoms with E-state index in [0.29, 0.717) is 17.1 Å². The van der Waals surface area contributed by atoms with Gasteiger partial charge in [-0.1, -0.05) is 42.5 Å². The second kappa shape index (κ2) is 8.33. The van der Waals surface area contributed by atoms with Gasteiger partial charge < -0.3 is 5.32 Å². The van der Waals surface area contributed by atoms with Crippen molar-refractivity contribution in [1.29, 1.82) is 0 Å². The zero-order valence-electron chi connectivity index (χ0n) is 19.3. The van der Waals surface area contributed by atoms with E-state index < -0.39 is 4.87 Å². The van der Waals surface area contributed by atoms with Crippen molar-refractivity contribution in [1.82, 2.24) is 0 Å². The summed E-state index contributed by atoms with van der Waals surface area (Å²) in [4.78, 5) is 42.1. The molecule has 6 nitrogen and oxygen atoms in total. The monoisotopic (exact) mass is 471 g/mol. The fraction of sp³-hybridized carbons (Fsp3) is 0.222. The maximum Gasteiger partial charge on any atom is 0.269 e. The highest BCUT2D eigenvalue weighted by atomic mass is 32.2. The molecule has 172 valence electrons. The number of hydrogen-bond donors (Lipinski definition) is 1. The molecule has 0 bridgehead atoms. The van der Waals surface area contributed by atoms with E-state index >= 15 is 0 Å². The number of carbonyl (C=O) groups excluding carboxylic acids is 3. The molecular weight excluding hydrogens is 446 g/mol. The number of nitrogens with zero attached hydrogens (tertiary/aromatic N) is 2. The van der Waals surface area contributed by atoms with Crippen molar-refractivity contribution >= 4 is 46.5 Å². The third kappa shape index (κ3) is 3.39. The molecule has 1 fully saturated rings. The molecule has 34 heavy (non-hydrogen) atoms. The summed E-state index contributed by atoms with van der Waals surface area (Å²) in [5.41, 5.74) is 5.90. The zero-order chi connectivity index (χ0) is 24.0. The van der Waals surface area contributed by atoms with E-state index in [1.165, 1.54) is 16.7 Å². The Kier molecular flexibility index (Phi) is 5.44. The molecule has 3 aromatic rings. The highest BCUT2D eigenvalue weighted by Gasteiger charge is 2.61. The summed E-state index contributed by atoms with van der Waals surface area (Å²) in [7, 11) is 0. The minimum atomic E-state index is -1.22. The van der Waals surface area contributed by atoms with Gasteiger partial charge in [-0.2, -0.15) is 0 Å². The van der Waals surface area contributed by atoms with Gasteiger partial charge in [0.15, 0.2) is 0 Å². The van der Waals surface area contributed by atoms with E-state index in [4.69, 9.17) is 0 Å². The smallest absolute Gasteiger partial charge is 0.269 e. The van der Waals surface area contributed by atoms with Crippen LogP contribution >= 0.6 is 11.8 Å². The molecule has 0 aromatic heterocycles. The largest absolute Gasteiger partial charge is 0.324 e. The van der Waals surface area contributed by atoms with E-state index in [1.54, 1.807) is 4.90 Å². The lowest BCUT2D eigenvalue weighted by molar-refractivity contribution is -0.124. The number of rotatable bonds is 4. The Labute approximate surface area is 202 Å². The number of carbonyl (C=O) groups is 3. The van der Waals surface area contributed by atoms with Crippen LogP contribution < -0.4 is 15.1 Å². The number of para-hydroxylation sites is 2. The van der Waals surface area contributed by atoms with Crippen LogP contribution in [0.3, 0.4) is 0 Å². The maximum absolute atomic E-state index is 14.1. The second-order valence-corrected chi connectivity index (χ2v) is 9.87. The Morgan fingerprint density at radius 2 is 1.68 bits per heavy atom. The molecule has 1 N–H and O–H groups in total. The van der Waals surface area contributed by atoms with Crippen LogP contribution in [-0.2, 0) is 19.3 Å². The number of aryl methyl sites for hydroxylation is 3. The van der Waals surface area contributed by atoms with Crippen LogP contribution in [0, 0.1) is 20.8 Å². The highest BCUT2D eigenvalue weighted by Crippen LogP contribution is 2.55. The van der Waals surface area contributed by atoms with Crippen molar-refractivity contribution in [2.24, 2.45) is 0 Å². The Bertz CT molecular complexity index is 1340. The van der Waals surface area contributed by atoms with Crippen LogP contribution in [0.1, 0.15) is 22.3 Å². The molecule has 5 rings (SSSR count). The molecule has 2 aliphatic heterocycles. The average Bonchev–Trinajstić information content (AvgIpc) is 3.28. The fourth-order valence-corrected chi connectivity index (χ4v) is 5.98. The second-order valence-electron chi connectivity index (χ2n) is 8.70. The molecule has 0 unspecified atom stereocenters. The third-order valence-electron chi connectivity index (χ3n) is 6.53. The van der Waals surface area contributed by atoms with Gasteiger partial charge in [-0.05, 0) is 61.7 Å². The summed E-state index contributed by atoms with van der Waals surface area (Å²) < 4.78 is 0. The van der Waals surface area contributed by atoms with Crippen LogP contribution in [-0.4, -0.2) is 30.0 Å². The summed E-state index contributed by atoms with van der Waals surface area (Å²) in [5, 5.41) is 2.91. The van der Waals surface area contributed by atoms with Crippen molar-refractivity contribution in [2.75, 3.05) is 27.4 Å². The molecule has 2 aliphatic rings. The maximum atomic E-state index is 14.1. The van der Waals surface area contributed by atoms with Crippen molar-refractivity contribution < 1.29 is 14.4 Å². The topological polar surface area (TPSA) is 69.7 Å². The molecule has 0 aliphatic carbocycles. The van der Waals surface area contributed by atoms with Crippen LogP contribution in [0.25, 0.3) is 0 Å². The van der Waals surface area contributed by atoms with Gasteiger partial charge in [-0.25, -0.2) is 0 Å².